The summed E-state index contributed by atoms with van der Waals surface area (Å²) in [5, 5.41) is 0. The van der Waals surface area contributed by atoms with Crippen LogP contribution in [-0.2, 0) is 0 Å². The summed E-state index contributed by atoms with van der Waals surface area (Å²) in [7, 11) is 0. The van der Waals surface area contributed by atoms with Crippen LogP contribution in [0.15, 0.2) is 0 Å². The molecule has 0 atom stereocenters. The highest BCUT2D eigenvalue weighted by Gasteiger charge is 1.95. The molecule has 4 nitrogen and oxygen atoms in total. The zero-order valence-corrected chi connectivity index (χ0v) is 13.3. The normalized spacial score (nSPS) is 24.0. The second kappa shape index (κ2) is 15.2. The molecule has 0 unspecified atom stereocenters. The lowest BCUT2D eigenvalue weighted by Crippen LogP contribution is -2.51. The molecule has 0 radical (unpaired) electrons. The number of hydrazine groups is 3. The number of hydrogen-bond donors (Lipinski definition) is 4. The van der Waals surface area contributed by atoms with Crippen LogP contribution in [0.3, 0.4) is 0 Å². The van der Waals surface area contributed by atoms with Crippen molar-refractivity contribution in [3.8, 4) is 0 Å². The summed E-state index contributed by atoms with van der Waals surface area (Å²) >= 11 is 0. The predicted octanol–water partition coefficient (Wildman–Crippen LogP) is 3.56. The van der Waals surface area contributed by atoms with E-state index in [1.807, 2.05) is 0 Å². The van der Waals surface area contributed by atoms with Crippen LogP contribution in [0.4, 0.5) is 0 Å². The van der Waals surface area contributed by atoms with Gasteiger partial charge in [0.25, 0.3) is 0 Å². The van der Waals surface area contributed by atoms with Crippen LogP contribution in [-0.4, -0.2) is 13.1 Å². The molecule has 0 bridgehead atoms. The highest BCUT2D eigenvalue weighted by Crippen LogP contribution is 2.12. The summed E-state index contributed by atoms with van der Waals surface area (Å²) in [6, 6.07) is 0. The topological polar surface area (TPSA) is 48.1 Å². The van der Waals surface area contributed by atoms with E-state index in [0.29, 0.717) is 0 Å². The lowest BCUT2D eigenvalue weighted by atomic mass is 10.0. The van der Waals surface area contributed by atoms with E-state index in [1.54, 1.807) is 0 Å². The first-order valence-corrected chi connectivity index (χ1v) is 8.96. The summed E-state index contributed by atoms with van der Waals surface area (Å²) in [6.07, 6.45) is 19.6. The van der Waals surface area contributed by atoms with Gasteiger partial charge in [-0.15, -0.1) is 0 Å². The molecular formula is C16H36N4. The minimum Gasteiger partial charge on any atom is -0.243 e. The van der Waals surface area contributed by atoms with Gasteiger partial charge < -0.3 is 0 Å². The summed E-state index contributed by atoms with van der Waals surface area (Å²) in [4.78, 5) is 0. The Bertz CT molecular complexity index is 101. The Balaban J connectivity index is 2.00. The van der Waals surface area contributed by atoms with Gasteiger partial charge in [-0.3, -0.25) is 0 Å². The fourth-order valence-corrected chi connectivity index (χ4v) is 2.76. The van der Waals surface area contributed by atoms with E-state index < -0.39 is 0 Å². The van der Waals surface area contributed by atoms with Gasteiger partial charge in [-0.1, -0.05) is 77.0 Å². The van der Waals surface area contributed by atoms with E-state index in [-0.39, 0.29) is 0 Å². The highest BCUT2D eigenvalue weighted by molar-refractivity contribution is 4.51. The van der Waals surface area contributed by atoms with Crippen LogP contribution in [0, 0.1) is 0 Å². The van der Waals surface area contributed by atoms with Crippen molar-refractivity contribution in [2.75, 3.05) is 13.1 Å². The second-order valence-corrected chi connectivity index (χ2v) is 6.05. The number of hydrogen-bond acceptors (Lipinski definition) is 4. The molecule has 4 heteroatoms. The second-order valence-electron chi connectivity index (χ2n) is 6.05. The molecule has 0 saturated carbocycles. The summed E-state index contributed by atoms with van der Waals surface area (Å²) < 4.78 is 0. The average Bonchev–Trinajstić information content (AvgIpc) is 2.46. The van der Waals surface area contributed by atoms with Crippen molar-refractivity contribution in [1.29, 1.82) is 0 Å². The molecule has 1 fully saturated rings. The maximum absolute atomic E-state index is 3.18. The monoisotopic (exact) mass is 284 g/mol. The third-order valence-electron chi connectivity index (χ3n) is 4.09. The zero-order valence-electron chi connectivity index (χ0n) is 13.3. The molecule has 1 aliphatic heterocycles. The average molecular weight is 284 g/mol. The molecule has 1 heterocycles. The lowest BCUT2D eigenvalue weighted by molar-refractivity contribution is 0.360. The zero-order chi connectivity index (χ0) is 14.1. The smallest absolute Gasteiger partial charge is 0.0113 e. The molecule has 1 saturated heterocycles. The minimum absolute atomic E-state index is 1.04. The molecule has 4 N–H and O–H groups in total. The van der Waals surface area contributed by atoms with Crippen molar-refractivity contribution in [2.45, 2.75) is 89.9 Å². The summed E-state index contributed by atoms with van der Waals surface area (Å²) in [6.45, 7) is 2.07. The maximum atomic E-state index is 3.18. The quantitative estimate of drug-likeness (QED) is 0.549. The molecule has 0 spiro atoms. The van der Waals surface area contributed by atoms with E-state index in [4.69, 9.17) is 0 Å². The van der Waals surface area contributed by atoms with Crippen molar-refractivity contribution < 1.29 is 0 Å². The van der Waals surface area contributed by atoms with E-state index in [0.717, 1.165) is 13.1 Å². The fourth-order valence-electron chi connectivity index (χ4n) is 2.76. The van der Waals surface area contributed by atoms with Crippen LogP contribution in [0.1, 0.15) is 89.9 Å². The van der Waals surface area contributed by atoms with Crippen molar-refractivity contribution in [3.05, 3.63) is 0 Å². The lowest BCUT2D eigenvalue weighted by Gasteiger charge is -2.10. The van der Waals surface area contributed by atoms with Gasteiger partial charge in [0.15, 0.2) is 0 Å². The van der Waals surface area contributed by atoms with Gasteiger partial charge in [-0.2, -0.15) is 11.1 Å². The fraction of sp³-hybridized carbons (Fsp3) is 1.00. The molecule has 1 rings (SSSR count). The van der Waals surface area contributed by atoms with Gasteiger partial charge in [-0.05, 0) is 12.8 Å². The van der Waals surface area contributed by atoms with Gasteiger partial charge in [0.1, 0.15) is 0 Å². The van der Waals surface area contributed by atoms with Gasteiger partial charge >= 0.3 is 0 Å². The molecule has 0 amide bonds. The molecule has 0 aliphatic carbocycles. The SMILES string of the molecule is C1CCCCCCCCNNNNCCCCCCC1. The standard InChI is InChI=1S/C16H36N4/c1-2-4-6-8-10-12-14-16-18-20-19-17-15-13-11-9-7-5-3-1/h17-20H,1-16H2. The van der Waals surface area contributed by atoms with Crippen LogP contribution in [0.5, 0.6) is 0 Å². The van der Waals surface area contributed by atoms with Crippen LogP contribution in [0.25, 0.3) is 0 Å². The van der Waals surface area contributed by atoms with Crippen LogP contribution >= 0.6 is 0 Å². The predicted molar refractivity (Wildman–Crippen MR) is 86.9 cm³/mol. The number of nitrogens with one attached hydrogen (secondary N) is 4. The van der Waals surface area contributed by atoms with E-state index >= 15 is 0 Å². The Kier molecular flexibility index (Phi) is 13.6. The van der Waals surface area contributed by atoms with Crippen molar-refractivity contribution >= 4 is 0 Å². The van der Waals surface area contributed by atoms with Gasteiger partial charge in [0.2, 0.25) is 0 Å². The molecule has 0 aromatic heterocycles. The van der Waals surface area contributed by atoms with Crippen molar-refractivity contribution in [1.82, 2.24) is 21.9 Å². The van der Waals surface area contributed by atoms with E-state index in [1.165, 1.54) is 89.9 Å². The molecule has 0 aromatic carbocycles. The Morgan fingerprint density at radius 2 is 0.550 bits per heavy atom. The van der Waals surface area contributed by atoms with Gasteiger partial charge in [0, 0.05) is 13.1 Å². The van der Waals surface area contributed by atoms with E-state index in [9.17, 15) is 0 Å². The third-order valence-corrected chi connectivity index (χ3v) is 4.09. The Hall–Kier alpha value is -0.160. The van der Waals surface area contributed by atoms with Gasteiger partial charge in [0.05, 0.1) is 0 Å². The Morgan fingerprint density at radius 1 is 0.300 bits per heavy atom. The van der Waals surface area contributed by atoms with Crippen LogP contribution < -0.4 is 21.9 Å². The molecule has 0 aromatic rings. The van der Waals surface area contributed by atoms with E-state index in [2.05, 4.69) is 21.9 Å². The first-order valence-electron chi connectivity index (χ1n) is 8.96. The Labute approximate surface area is 125 Å². The molecule has 1 aliphatic rings. The minimum atomic E-state index is 1.04. The Morgan fingerprint density at radius 3 is 0.850 bits per heavy atom. The first-order chi connectivity index (χ1) is 10.0. The van der Waals surface area contributed by atoms with Gasteiger partial charge in [-0.25, -0.2) is 10.9 Å². The number of rotatable bonds is 0. The van der Waals surface area contributed by atoms with Crippen molar-refractivity contribution in [3.63, 3.8) is 0 Å². The maximum Gasteiger partial charge on any atom is 0.0113 e. The molecule has 20 heavy (non-hydrogen) atoms. The molecule has 120 valence electrons. The van der Waals surface area contributed by atoms with Crippen LogP contribution in [0.2, 0.25) is 0 Å². The largest absolute Gasteiger partial charge is 0.243 e. The summed E-state index contributed by atoms with van der Waals surface area (Å²) in [5.74, 6) is 0. The highest BCUT2D eigenvalue weighted by atomic mass is 15.7. The van der Waals surface area contributed by atoms with Crippen molar-refractivity contribution in [2.24, 2.45) is 0 Å². The molecular weight excluding hydrogens is 248 g/mol. The summed E-state index contributed by atoms with van der Waals surface area (Å²) in [5.41, 5.74) is 12.4. The first kappa shape index (κ1) is 17.9. The third kappa shape index (κ3) is 12.9.